The van der Waals surface area contributed by atoms with Crippen LogP contribution < -0.4 is 10.1 Å². The predicted molar refractivity (Wildman–Crippen MR) is 89.4 cm³/mol. The number of anilines is 1. The maximum atomic E-state index is 13.5. The Morgan fingerprint density at radius 2 is 1.92 bits per heavy atom. The van der Waals surface area contributed by atoms with E-state index in [9.17, 15) is 13.6 Å². The van der Waals surface area contributed by atoms with Gasteiger partial charge in [0.2, 0.25) is 5.91 Å². The zero-order valence-corrected chi connectivity index (χ0v) is 13.8. The first-order valence-electron chi connectivity index (χ1n) is 7.26. The van der Waals surface area contributed by atoms with Crippen molar-refractivity contribution in [2.24, 2.45) is 0 Å². The van der Waals surface area contributed by atoms with Crippen LogP contribution in [0.1, 0.15) is 0 Å². The molecule has 128 valence electrons. The first-order chi connectivity index (χ1) is 11.4. The highest BCUT2D eigenvalue weighted by Crippen LogP contribution is 2.16. The van der Waals surface area contributed by atoms with Gasteiger partial charge in [-0.05, 0) is 43.4 Å². The van der Waals surface area contributed by atoms with E-state index in [0.29, 0.717) is 23.9 Å². The Bertz CT molecular complexity index is 695. The molecule has 0 aliphatic carbocycles. The van der Waals surface area contributed by atoms with E-state index in [1.807, 2.05) is 0 Å². The van der Waals surface area contributed by atoms with E-state index in [1.54, 1.807) is 36.2 Å². The lowest BCUT2D eigenvalue weighted by atomic mass is 10.3. The first kappa shape index (κ1) is 18.2. The predicted octanol–water partition coefficient (Wildman–Crippen LogP) is 3.57. The van der Waals surface area contributed by atoms with E-state index in [-0.39, 0.29) is 12.2 Å². The van der Waals surface area contributed by atoms with Crippen molar-refractivity contribution in [1.29, 1.82) is 0 Å². The summed E-state index contributed by atoms with van der Waals surface area (Å²) < 4.78 is 32.0. The van der Waals surface area contributed by atoms with E-state index in [4.69, 9.17) is 16.3 Å². The van der Waals surface area contributed by atoms with Gasteiger partial charge in [0.05, 0.1) is 12.2 Å². The molecule has 0 aromatic heterocycles. The number of benzene rings is 2. The van der Waals surface area contributed by atoms with E-state index in [2.05, 4.69) is 5.32 Å². The lowest BCUT2D eigenvalue weighted by molar-refractivity contribution is -0.117. The normalized spacial score (nSPS) is 10.7. The van der Waals surface area contributed by atoms with Crippen molar-refractivity contribution >= 4 is 23.2 Å². The van der Waals surface area contributed by atoms with E-state index in [0.717, 1.165) is 18.2 Å². The molecule has 0 saturated carbocycles. The monoisotopic (exact) mass is 354 g/mol. The van der Waals surface area contributed by atoms with E-state index >= 15 is 0 Å². The summed E-state index contributed by atoms with van der Waals surface area (Å²) >= 11 is 5.78. The molecule has 2 aromatic carbocycles. The minimum Gasteiger partial charge on any atom is -0.492 e. The minimum absolute atomic E-state index is 0.0277. The van der Waals surface area contributed by atoms with Crippen LogP contribution in [-0.2, 0) is 4.79 Å². The summed E-state index contributed by atoms with van der Waals surface area (Å²) in [5.74, 6) is -1.05. The summed E-state index contributed by atoms with van der Waals surface area (Å²) in [7, 11) is 1.73. The summed E-state index contributed by atoms with van der Waals surface area (Å²) in [6.07, 6.45) is 0. The van der Waals surface area contributed by atoms with Gasteiger partial charge in [0, 0.05) is 17.6 Å². The Morgan fingerprint density at radius 3 is 2.62 bits per heavy atom. The number of ether oxygens (including phenoxy) is 1. The second-order valence-electron chi connectivity index (χ2n) is 5.21. The molecule has 0 fully saturated rings. The number of amides is 1. The van der Waals surface area contributed by atoms with Crippen LogP contribution >= 0.6 is 11.6 Å². The number of nitrogens with one attached hydrogen (secondary N) is 1. The molecule has 2 aromatic rings. The quantitative estimate of drug-likeness (QED) is 0.826. The Hall–Kier alpha value is -2.18. The Kier molecular flexibility index (Phi) is 6.52. The number of likely N-dealkylation sites (N-methyl/N-ethyl adjacent to an activating group) is 1. The first-order valence-corrected chi connectivity index (χ1v) is 7.63. The molecule has 0 bridgehead atoms. The highest BCUT2D eigenvalue weighted by atomic mass is 35.5. The fourth-order valence-electron chi connectivity index (χ4n) is 1.96. The van der Waals surface area contributed by atoms with Gasteiger partial charge in [0.1, 0.15) is 24.0 Å². The highest BCUT2D eigenvalue weighted by Gasteiger charge is 2.10. The average Bonchev–Trinajstić information content (AvgIpc) is 2.53. The molecular formula is C17H17ClF2N2O2. The Labute approximate surface area is 144 Å². The van der Waals surface area contributed by atoms with Crippen LogP contribution in [0.5, 0.6) is 5.75 Å². The van der Waals surface area contributed by atoms with Crippen LogP contribution in [0.15, 0.2) is 42.5 Å². The smallest absolute Gasteiger partial charge is 0.238 e. The van der Waals surface area contributed by atoms with Crippen molar-refractivity contribution in [3.05, 3.63) is 59.1 Å². The maximum Gasteiger partial charge on any atom is 0.238 e. The van der Waals surface area contributed by atoms with Crippen molar-refractivity contribution in [3.8, 4) is 5.75 Å². The third-order valence-electron chi connectivity index (χ3n) is 3.17. The molecule has 1 amide bonds. The molecular weight excluding hydrogens is 338 g/mol. The summed E-state index contributed by atoms with van der Waals surface area (Å²) in [6, 6.07) is 9.85. The third-order valence-corrected chi connectivity index (χ3v) is 3.42. The van der Waals surface area contributed by atoms with Crippen molar-refractivity contribution in [3.63, 3.8) is 0 Å². The zero-order chi connectivity index (χ0) is 17.5. The van der Waals surface area contributed by atoms with Gasteiger partial charge in [0.15, 0.2) is 0 Å². The standard InChI is InChI=1S/C17H17ClF2N2O2/c1-22(8-9-24-14-5-2-12(18)3-6-14)11-17(23)21-16-10-13(19)4-7-15(16)20/h2-7,10H,8-9,11H2,1H3,(H,21,23). The second-order valence-corrected chi connectivity index (χ2v) is 5.65. The lowest BCUT2D eigenvalue weighted by Gasteiger charge is -2.17. The summed E-state index contributed by atoms with van der Waals surface area (Å²) in [4.78, 5) is 13.6. The molecule has 7 heteroatoms. The van der Waals surface area contributed by atoms with Gasteiger partial charge < -0.3 is 10.1 Å². The number of halogens is 3. The fraction of sp³-hybridized carbons (Fsp3) is 0.235. The van der Waals surface area contributed by atoms with Gasteiger partial charge in [-0.1, -0.05) is 11.6 Å². The van der Waals surface area contributed by atoms with Gasteiger partial charge in [0.25, 0.3) is 0 Å². The third kappa shape index (κ3) is 5.79. The second kappa shape index (κ2) is 8.61. The Morgan fingerprint density at radius 1 is 1.21 bits per heavy atom. The summed E-state index contributed by atoms with van der Waals surface area (Å²) in [5, 5.41) is 2.97. The number of nitrogens with zero attached hydrogens (tertiary/aromatic N) is 1. The highest BCUT2D eigenvalue weighted by molar-refractivity contribution is 6.30. The molecule has 0 aliphatic heterocycles. The van der Waals surface area contributed by atoms with Gasteiger partial charge in [-0.15, -0.1) is 0 Å². The number of carbonyl (C=O) groups excluding carboxylic acids is 1. The van der Waals surface area contributed by atoms with Gasteiger partial charge in [-0.3, -0.25) is 9.69 Å². The lowest BCUT2D eigenvalue weighted by Crippen LogP contribution is -2.33. The topological polar surface area (TPSA) is 41.6 Å². The number of hydrogen-bond donors (Lipinski definition) is 1. The molecule has 0 spiro atoms. The van der Waals surface area contributed by atoms with E-state index < -0.39 is 17.5 Å². The fourth-order valence-corrected chi connectivity index (χ4v) is 2.08. The van der Waals surface area contributed by atoms with Crippen LogP contribution in [-0.4, -0.2) is 37.6 Å². The number of rotatable bonds is 7. The van der Waals surface area contributed by atoms with Gasteiger partial charge >= 0.3 is 0 Å². The van der Waals surface area contributed by atoms with Crippen molar-refractivity contribution in [1.82, 2.24) is 4.90 Å². The van der Waals surface area contributed by atoms with Crippen LogP contribution in [0.4, 0.5) is 14.5 Å². The number of carbonyl (C=O) groups is 1. The largest absolute Gasteiger partial charge is 0.492 e. The summed E-state index contributed by atoms with van der Waals surface area (Å²) in [5.41, 5.74) is -0.175. The average molecular weight is 355 g/mol. The van der Waals surface area contributed by atoms with Crippen LogP contribution in [0, 0.1) is 11.6 Å². The molecule has 0 aliphatic rings. The molecule has 4 nitrogen and oxygen atoms in total. The molecule has 0 radical (unpaired) electrons. The van der Waals surface area contributed by atoms with Crippen LogP contribution in [0.25, 0.3) is 0 Å². The molecule has 24 heavy (non-hydrogen) atoms. The van der Waals surface area contributed by atoms with Crippen molar-refractivity contribution in [2.75, 3.05) is 32.1 Å². The van der Waals surface area contributed by atoms with Crippen LogP contribution in [0.2, 0.25) is 5.02 Å². The van der Waals surface area contributed by atoms with Crippen LogP contribution in [0.3, 0.4) is 0 Å². The molecule has 0 heterocycles. The van der Waals surface area contributed by atoms with Crippen molar-refractivity contribution < 1.29 is 18.3 Å². The SMILES string of the molecule is CN(CCOc1ccc(Cl)cc1)CC(=O)Nc1cc(F)ccc1F. The molecule has 2 rings (SSSR count). The summed E-state index contributed by atoms with van der Waals surface area (Å²) in [6.45, 7) is 0.890. The molecule has 0 unspecified atom stereocenters. The van der Waals surface area contributed by atoms with Gasteiger partial charge in [-0.2, -0.15) is 0 Å². The van der Waals surface area contributed by atoms with Gasteiger partial charge in [-0.25, -0.2) is 8.78 Å². The molecule has 0 saturated heterocycles. The number of hydrogen-bond acceptors (Lipinski definition) is 3. The zero-order valence-electron chi connectivity index (χ0n) is 13.1. The van der Waals surface area contributed by atoms with E-state index in [1.165, 1.54) is 0 Å². The molecule has 0 atom stereocenters. The Balaban J connectivity index is 1.75. The maximum absolute atomic E-state index is 13.5. The minimum atomic E-state index is -0.682. The van der Waals surface area contributed by atoms with Crippen molar-refractivity contribution in [2.45, 2.75) is 0 Å². The molecule has 1 N–H and O–H groups in total.